The Kier molecular flexibility index (Phi) is 6.43. The van der Waals surface area contributed by atoms with Crippen LogP contribution in [0.25, 0.3) is 11.3 Å². The van der Waals surface area contributed by atoms with Crippen LogP contribution < -0.4 is 14.8 Å². The zero-order valence-corrected chi connectivity index (χ0v) is 19.5. The molecule has 1 aromatic heterocycles. The summed E-state index contributed by atoms with van der Waals surface area (Å²) in [5.74, 6) is 0.240. The van der Waals surface area contributed by atoms with E-state index in [1.54, 1.807) is 43.5 Å². The molecule has 0 aliphatic rings. The highest BCUT2D eigenvalue weighted by atomic mass is 32.2. The van der Waals surface area contributed by atoms with Gasteiger partial charge in [-0.05, 0) is 43.3 Å². The van der Waals surface area contributed by atoms with Gasteiger partial charge in [0.25, 0.3) is 15.9 Å². The minimum absolute atomic E-state index is 0.117. The molecular formula is C24H21N3O4S2. The van der Waals surface area contributed by atoms with Gasteiger partial charge in [0.2, 0.25) is 0 Å². The van der Waals surface area contributed by atoms with Crippen LogP contribution in [0.1, 0.15) is 15.9 Å². The van der Waals surface area contributed by atoms with Crippen LogP contribution >= 0.6 is 11.3 Å². The number of rotatable bonds is 7. The standard InChI is InChI=1S/C24H21N3O4S2/c1-16-10-12-19(13-11-16)33(29,30)27-21-9-4-3-8-20(21)23(28)26-24-25-22(15-32-24)17-6-5-7-18(14-17)31-2/h3-15,27H,1-2H3,(H,25,26,28). The highest BCUT2D eigenvalue weighted by Crippen LogP contribution is 2.28. The number of anilines is 2. The monoisotopic (exact) mass is 479 g/mol. The van der Waals surface area contributed by atoms with Crippen LogP contribution in [0.15, 0.2) is 83.1 Å². The second kappa shape index (κ2) is 9.43. The molecule has 4 aromatic rings. The Bertz CT molecular complexity index is 1400. The van der Waals surface area contributed by atoms with Gasteiger partial charge in [0.1, 0.15) is 5.75 Å². The molecule has 4 rings (SSSR count). The topological polar surface area (TPSA) is 97.4 Å². The van der Waals surface area contributed by atoms with Crippen molar-refractivity contribution < 1.29 is 17.9 Å². The maximum Gasteiger partial charge on any atom is 0.261 e. The van der Waals surface area contributed by atoms with Crippen LogP contribution in [0, 0.1) is 6.92 Å². The lowest BCUT2D eigenvalue weighted by Crippen LogP contribution is -2.18. The largest absolute Gasteiger partial charge is 0.497 e. The summed E-state index contributed by atoms with van der Waals surface area (Å²) in [5, 5.41) is 4.98. The predicted molar refractivity (Wildman–Crippen MR) is 130 cm³/mol. The quantitative estimate of drug-likeness (QED) is 0.381. The Labute approximate surface area is 196 Å². The first-order chi connectivity index (χ1) is 15.9. The lowest BCUT2D eigenvalue weighted by atomic mass is 10.1. The van der Waals surface area contributed by atoms with Crippen molar-refractivity contribution in [1.82, 2.24) is 4.98 Å². The van der Waals surface area contributed by atoms with Crippen molar-refractivity contribution >= 4 is 38.1 Å². The Balaban J connectivity index is 1.54. The van der Waals surface area contributed by atoms with Crippen LogP contribution in [-0.4, -0.2) is 26.4 Å². The van der Waals surface area contributed by atoms with E-state index in [9.17, 15) is 13.2 Å². The molecule has 168 valence electrons. The van der Waals surface area contributed by atoms with Crippen molar-refractivity contribution in [2.75, 3.05) is 17.1 Å². The number of ether oxygens (including phenoxy) is 1. The molecule has 3 aromatic carbocycles. The number of carbonyl (C=O) groups is 1. The van der Waals surface area contributed by atoms with Gasteiger partial charge < -0.3 is 4.74 Å². The van der Waals surface area contributed by atoms with Crippen molar-refractivity contribution in [2.45, 2.75) is 11.8 Å². The number of benzene rings is 3. The maximum atomic E-state index is 12.9. The van der Waals surface area contributed by atoms with Gasteiger partial charge >= 0.3 is 0 Å². The molecular weight excluding hydrogens is 458 g/mol. The van der Waals surface area contributed by atoms with Crippen molar-refractivity contribution in [3.05, 3.63) is 89.3 Å². The molecule has 0 atom stereocenters. The second-order valence-corrected chi connectivity index (χ2v) is 9.73. The number of thiazole rings is 1. The molecule has 0 unspecified atom stereocenters. The fourth-order valence-corrected chi connectivity index (χ4v) is 4.90. The van der Waals surface area contributed by atoms with E-state index in [4.69, 9.17) is 4.74 Å². The molecule has 0 aliphatic carbocycles. The number of aromatic nitrogens is 1. The fourth-order valence-electron chi connectivity index (χ4n) is 3.10. The van der Waals surface area contributed by atoms with E-state index in [0.717, 1.165) is 11.1 Å². The summed E-state index contributed by atoms with van der Waals surface area (Å²) >= 11 is 1.28. The van der Waals surface area contributed by atoms with Gasteiger partial charge in [-0.1, -0.05) is 42.0 Å². The van der Waals surface area contributed by atoms with E-state index in [0.29, 0.717) is 16.6 Å². The van der Waals surface area contributed by atoms with Crippen molar-refractivity contribution in [2.24, 2.45) is 0 Å². The van der Waals surface area contributed by atoms with Gasteiger partial charge in [0.05, 0.1) is 29.0 Å². The number of nitrogens with one attached hydrogen (secondary N) is 2. The average Bonchev–Trinajstić information content (AvgIpc) is 3.28. The van der Waals surface area contributed by atoms with Gasteiger partial charge in [-0.25, -0.2) is 13.4 Å². The fraction of sp³-hybridized carbons (Fsp3) is 0.0833. The smallest absolute Gasteiger partial charge is 0.261 e. The minimum Gasteiger partial charge on any atom is -0.497 e. The second-order valence-electron chi connectivity index (χ2n) is 7.19. The summed E-state index contributed by atoms with van der Waals surface area (Å²) in [6, 6.07) is 20.4. The van der Waals surface area contributed by atoms with E-state index in [1.165, 1.54) is 23.5 Å². The minimum atomic E-state index is -3.85. The Morgan fingerprint density at radius 2 is 1.76 bits per heavy atom. The number of sulfonamides is 1. The number of nitrogens with zero attached hydrogens (tertiary/aromatic N) is 1. The van der Waals surface area contributed by atoms with E-state index in [1.807, 2.05) is 36.6 Å². The number of para-hydroxylation sites is 1. The zero-order valence-electron chi connectivity index (χ0n) is 17.9. The van der Waals surface area contributed by atoms with Crippen molar-refractivity contribution in [3.8, 4) is 17.0 Å². The van der Waals surface area contributed by atoms with E-state index < -0.39 is 15.9 Å². The van der Waals surface area contributed by atoms with Crippen LogP contribution in [0.3, 0.4) is 0 Å². The van der Waals surface area contributed by atoms with Gasteiger partial charge in [-0.2, -0.15) is 0 Å². The molecule has 0 bridgehead atoms. The summed E-state index contributed by atoms with van der Waals surface area (Å²) < 4.78 is 33.3. The molecule has 2 N–H and O–H groups in total. The van der Waals surface area contributed by atoms with Gasteiger partial charge in [-0.15, -0.1) is 11.3 Å². The molecule has 7 nitrogen and oxygen atoms in total. The van der Waals surface area contributed by atoms with Gasteiger partial charge in [0, 0.05) is 10.9 Å². The molecule has 0 saturated carbocycles. The first-order valence-corrected chi connectivity index (χ1v) is 12.3. The van der Waals surface area contributed by atoms with Crippen LogP contribution in [0.4, 0.5) is 10.8 Å². The number of amides is 1. The summed E-state index contributed by atoms with van der Waals surface area (Å²) in [4.78, 5) is 17.5. The van der Waals surface area contributed by atoms with Crippen molar-refractivity contribution in [3.63, 3.8) is 0 Å². The predicted octanol–water partition coefficient (Wildman–Crippen LogP) is 5.18. The number of hydrogen-bond acceptors (Lipinski definition) is 6. The van der Waals surface area contributed by atoms with Crippen LogP contribution in [0.2, 0.25) is 0 Å². The lowest BCUT2D eigenvalue weighted by molar-refractivity contribution is 0.102. The molecule has 1 amide bonds. The Morgan fingerprint density at radius 3 is 2.52 bits per heavy atom. The Morgan fingerprint density at radius 1 is 1.00 bits per heavy atom. The summed E-state index contributed by atoms with van der Waals surface area (Å²) in [7, 11) is -2.26. The van der Waals surface area contributed by atoms with Gasteiger partial charge in [0.15, 0.2) is 5.13 Å². The zero-order chi connectivity index (χ0) is 23.4. The highest BCUT2D eigenvalue weighted by Gasteiger charge is 2.19. The maximum absolute atomic E-state index is 12.9. The number of methoxy groups -OCH3 is 1. The van der Waals surface area contributed by atoms with Crippen LogP contribution in [-0.2, 0) is 10.0 Å². The average molecular weight is 480 g/mol. The number of carbonyl (C=O) groups excluding carboxylic acids is 1. The van der Waals surface area contributed by atoms with E-state index in [2.05, 4.69) is 15.0 Å². The first-order valence-electron chi connectivity index (χ1n) is 9.95. The molecule has 33 heavy (non-hydrogen) atoms. The summed E-state index contributed by atoms with van der Waals surface area (Å²) in [5.41, 5.74) is 2.87. The normalized spacial score (nSPS) is 11.1. The highest BCUT2D eigenvalue weighted by molar-refractivity contribution is 7.92. The molecule has 0 radical (unpaired) electrons. The SMILES string of the molecule is COc1cccc(-c2csc(NC(=O)c3ccccc3NS(=O)(=O)c3ccc(C)cc3)n2)c1. The molecule has 0 spiro atoms. The number of hydrogen-bond donors (Lipinski definition) is 2. The van der Waals surface area contributed by atoms with Crippen LogP contribution in [0.5, 0.6) is 5.75 Å². The molecule has 0 saturated heterocycles. The molecule has 0 aliphatic heterocycles. The van der Waals surface area contributed by atoms with E-state index in [-0.39, 0.29) is 16.1 Å². The van der Waals surface area contributed by atoms with Crippen molar-refractivity contribution in [1.29, 1.82) is 0 Å². The lowest BCUT2D eigenvalue weighted by Gasteiger charge is -2.12. The molecule has 9 heteroatoms. The molecule has 1 heterocycles. The van der Waals surface area contributed by atoms with Gasteiger partial charge in [-0.3, -0.25) is 14.8 Å². The number of aryl methyl sites for hydroxylation is 1. The summed E-state index contributed by atoms with van der Waals surface area (Å²) in [6.45, 7) is 1.88. The third-order valence-electron chi connectivity index (χ3n) is 4.84. The Hall–Kier alpha value is -3.69. The third kappa shape index (κ3) is 5.21. The molecule has 0 fully saturated rings. The summed E-state index contributed by atoms with van der Waals surface area (Å²) in [6.07, 6.45) is 0. The third-order valence-corrected chi connectivity index (χ3v) is 6.98. The van der Waals surface area contributed by atoms with E-state index >= 15 is 0 Å². The first kappa shape index (κ1) is 22.5.